The van der Waals surface area contributed by atoms with Crippen molar-refractivity contribution in [2.24, 2.45) is 0 Å². The number of ether oxygens (including phenoxy) is 4. The zero-order chi connectivity index (χ0) is 16.9. The Balaban J connectivity index is 1.74. The van der Waals surface area contributed by atoms with Crippen LogP contribution in [0.25, 0.3) is 0 Å². The van der Waals surface area contributed by atoms with Gasteiger partial charge in [-0.3, -0.25) is 0 Å². The highest BCUT2D eigenvalue weighted by molar-refractivity contribution is 5.01. The molecule has 3 rings (SSSR count). The zero-order valence-corrected chi connectivity index (χ0v) is 11.9. The van der Waals surface area contributed by atoms with Gasteiger partial charge in [-0.05, 0) is 0 Å². The smallest absolute Gasteiger partial charge is 0.245 e. The van der Waals surface area contributed by atoms with E-state index in [0.717, 1.165) is 0 Å². The molecule has 134 valence electrons. The van der Waals surface area contributed by atoms with Crippen molar-refractivity contribution in [1.82, 2.24) is 0 Å². The van der Waals surface area contributed by atoms with Crippen LogP contribution in [-0.4, -0.2) is 110 Å². The molecule has 23 heavy (non-hydrogen) atoms. The van der Waals surface area contributed by atoms with Gasteiger partial charge in [0.1, 0.15) is 42.7 Å². The van der Waals surface area contributed by atoms with Crippen LogP contribution in [0.15, 0.2) is 0 Å². The summed E-state index contributed by atoms with van der Waals surface area (Å²) in [6.45, 7) is -0.718. The van der Waals surface area contributed by atoms with E-state index in [4.69, 9.17) is 24.1 Å². The normalized spacial score (nSPS) is 52.6. The molecule has 11 heteroatoms. The van der Waals surface area contributed by atoms with Crippen molar-refractivity contribution in [3.63, 3.8) is 0 Å². The average Bonchev–Trinajstić information content (AvgIpc) is 2.85. The van der Waals surface area contributed by atoms with Crippen LogP contribution in [0.5, 0.6) is 0 Å². The second-order valence-electron chi connectivity index (χ2n) is 5.86. The molecule has 0 aliphatic carbocycles. The van der Waals surface area contributed by atoms with Crippen molar-refractivity contribution >= 4 is 0 Å². The van der Waals surface area contributed by atoms with Gasteiger partial charge in [0.25, 0.3) is 0 Å². The molecule has 3 aliphatic rings. The Morgan fingerprint density at radius 1 is 1.00 bits per heavy atom. The Bertz CT molecular complexity index is 429. The van der Waals surface area contributed by atoms with Gasteiger partial charge in [-0.15, -0.1) is 0 Å². The summed E-state index contributed by atoms with van der Waals surface area (Å²) in [5.74, 6) is -2.73. The predicted octanol–water partition coefficient (Wildman–Crippen LogP) is -5.03. The third-order valence-corrected chi connectivity index (χ3v) is 4.33. The molecule has 3 fully saturated rings. The van der Waals surface area contributed by atoms with Gasteiger partial charge < -0.3 is 54.7 Å². The van der Waals surface area contributed by atoms with Crippen molar-refractivity contribution < 1.29 is 54.7 Å². The Kier molecular flexibility index (Phi) is 4.63. The minimum Gasteiger partial charge on any atom is -0.394 e. The number of fused-ring (bicyclic) bond motifs is 2. The van der Waals surface area contributed by atoms with Crippen LogP contribution in [0.3, 0.4) is 0 Å². The lowest BCUT2D eigenvalue weighted by Crippen LogP contribution is -2.66. The second kappa shape index (κ2) is 6.13. The maximum atomic E-state index is 9.93. The zero-order valence-electron chi connectivity index (χ0n) is 11.9. The molecule has 0 saturated carbocycles. The van der Waals surface area contributed by atoms with Crippen molar-refractivity contribution in [2.45, 2.75) is 61.1 Å². The standard InChI is InChI=1S/C12H20O11/c13-1-3-5(14)6(15)7(16)10(21-3)23-8-4-2-20-9(8)12(18,19)11(17)22-4/h3-11,13-19H,1-2H2/t3?,4?,5-,6?,7-,8+,9?,10-,11+/m0/s1. The second-order valence-corrected chi connectivity index (χ2v) is 5.86. The lowest BCUT2D eigenvalue weighted by Gasteiger charge is -2.44. The van der Waals surface area contributed by atoms with Gasteiger partial charge in [-0.25, -0.2) is 0 Å². The Morgan fingerprint density at radius 3 is 2.35 bits per heavy atom. The first-order valence-electron chi connectivity index (χ1n) is 7.13. The highest BCUT2D eigenvalue weighted by atomic mass is 16.8. The summed E-state index contributed by atoms with van der Waals surface area (Å²) in [6, 6.07) is 0. The van der Waals surface area contributed by atoms with Gasteiger partial charge in [-0.1, -0.05) is 0 Å². The summed E-state index contributed by atoms with van der Waals surface area (Å²) in [5, 5.41) is 67.6. The average molecular weight is 340 g/mol. The molecule has 3 saturated heterocycles. The summed E-state index contributed by atoms with van der Waals surface area (Å²) in [6.07, 6.45) is -12.7. The molecule has 0 amide bonds. The first kappa shape index (κ1) is 17.4. The van der Waals surface area contributed by atoms with E-state index in [1.807, 2.05) is 0 Å². The van der Waals surface area contributed by atoms with Crippen LogP contribution in [0.4, 0.5) is 0 Å². The molecule has 0 aromatic rings. The molecular formula is C12H20O11. The quantitative estimate of drug-likeness (QED) is 0.244. The molecule has 0 aromatic heterocycles. The fourth-order valence-electron chi connectivity index (χ4n) is 2.96. The number of aliphatic hydroxyl groups excluding tert-OH is 5. The van der Waals surface area contributed by atoms with E-state index >= 15 is 0 Å². The lowest BCUT2D eigenvalue weighted by atomic mass is 9.97. The van der Waals surface area contributed by atoms with Crippen molar-refractivity contribution in [3.8, 4) is 0 Å². The monoisotopic (exact) mass is 340 g/mol. The largest absolute Gasteiger partial charge is 0.394 e. The topological polar surface area (TPSA) is 179 Å². The molecule has 4 unspecified atom stereocenters. The van der Waals surface area contributed by atoms with E-state index in [-0.39, 0.29) is 6.61 Å². The van der Waals surface area contributed by atoms with Crippen LogP contribution < -0.4 is 0 Å². The van der Waals surface area contributed by atoms with E-state index in [9.17, 15) is 30.6 Å². The number of rotatable bonds is 3. The fourth-order valence-corrected chi connectivity index (χ4v) is 2.96. The Morgan fingerprint density at radius 2 is 1.70 bits per heavy atom. The van der Waals surface area contributed by atoms with E-state index < -0.39 is 67.7 Å². The first-order valence-corrected chi connectivity index (χ1v) is 7.13. The molecule has 11 nitrogen and oxygen atoms in total. The van der Waals surface area contributed by atoms with Gasteiger partial charge in [0.15, 0.2) is 6.29 Å². The third kappa shape index (κ3) is 2.77. The van der Waals surface area contributed by atoms with Gasteiger partial charge in [0, 0.05) is 0 Å². The summed E-state index contributed by atoms with van der Waals surface area (Å²) in [7, 11) is 0. The number of aliphatic hydroxyl groups is 7. The molecule has 0 radical (unpaired) electrons. The van der Waals surface area contributed by atoms with E-state index in [2.05, 4.69) is 0 Å². The van der Waals surface area contributed by atoms with E-state index in [1.54, 1.807) is 0 Å². The maximum absolute atomic E-state index is 9.93. The van der Waals surface area contributed by atoms with Gasteiger partial charge in [0.05, 0.1) is 13.2 Å². The molecule has 9 atom stereocenters. The molecule has 7 N–H and O–H groups in total. The number of hydrogen-bond donors (Lipinski definition) is 7. The lowest BCUT2D eigenvalue weighted by molar-refractivity contribution is -0.391. The van der Waals surface area contributed by atoms with Crippen molar-refractivity contribution in [1.29, 1.82) is 0 Å². The molecule has 0 spiro atoms. The van der Waals surface area contributed by atoms with E-state index in [0.29, 0.717) is 0 Å². The summed E-state index contributed by atoms with van der Waals surface area (Å²) < 4.78 is 20.7. The molecule has 0 aromatic carbocycles. The summed E-state index contributed by atoms with van der Waals surface area (Å²) >= 11 is 0. The van der Waals surface area contributed by atoms with E-state index in [1.165, 1.54) is 0 Å². The predicted molar refractivity (Wildman–Crippen MR) is 66.4 cm³/mol. The van der Waals surface area contributed by atoms with Crippen molar-refractivity contribution in [3.05, 3.63) is 0 Å². The minimum absolute atomic E-state index is 0.0906. The molecule has 2 bridgehead atoms. The van der Waals surface area contributed by atoms with Gasteiger partial charge in [-0.2, -0.15) is 0 Å². The minimum atomic E-state index is -2.73. The summed E-state index contributed by atoms with van der Waals surface area (Å²) in [5.41, 5.74) is 0. The van der Waals surface area contributed by atoms with Crippen LogP contribution >= 0.6 is 0 Å². The van der Waals surface area contributed by atoms with Crippen LogP contribution in [0.2, 0.25) is 0 Å². The molecular weight excluding hydrogens is 320 g/mol. The van der Waals surface area contributed by atoms with Crippen LogP contribution in [0.1, 0.15) is 0 Å². The fraction of sp³-hybridized carbons (Fsp3) is 1.00. The summed E-state index contributed by atoms with van der Waals surface area (Å²) in [4.78, 5) is 0. The molecule has 3 aliphatic heterocycles. The van der Waals surface area contributed by atoms with Crippen LogP contribution in [0, 0.1) is 0 Å². The highest BCUT2D eigenvalue weighted by Gasteiger charge is 2.61. The number of hydrogen-bond acceptors (Lipinski definition) is 11. The SMILES string of the molecule is OCC1O[C@@H](O[C@@H]2C3COC2C(O)(O)[C@H](O)O3)[C@@H](O)C(O)[C@H]1O. The highest BCUT2D eigenvalue weighted by Crippen LogP contribution is 2.37. The van der Waals surface area contributed by atoms with Gasteiger partial charge >= 0.3 is 0 Å². The van der Waals surface area contributed by atoms with Crippen molar-refractivity contribution in [2.75, 3.05) is 13.2 Å². The Hall–Kier alpha value is -0.440. The Labute approximate surface area is 130 Å². The molecule has 3 heterocycles. The van der Waals surface area contributed by atoms with Crippen LogP contribution in [-0.2, 0) is 18.9 Å². The third-order valence-electron chi connectivity index (χ3n) is 4.33. The maximum Gasteiger partial charge on any atom is 0.245 e. The first-order chi connectivity index (χ1) is 10.8. The van der Waals surface area contributed by atoms with Gasteiger partial charge in [0.2, 0.25) is 12.1 Å².